The number of rotatable bonds is 6. The zero-order valence-corrected chi connectivity index (χ0v) is 14.9. The van der Waals surface area contributed by atoms with E-state index in [1.54, 1.807) is 0 Å². The fourth-order valence-electron chi connectivity index (χ4n) is 3.87. The minimum Gasteiger partial charge on any atom is -0.323 e. The van der Waals surface area contributed by atoms with Crippen LogP contribution < -0.4 is 5.32 Å². The van der Waals surface area contributed by atoms with Crippen molar-refractivity contribution in [3.63, 3.8) is 0 Å². The second kappa shape index (κ2) is 7.87. The number of nitrogens with one attached hydrogen (secondary N) is 1. The molecule has 0 bridgehead atoms. The fourth-order valence-corrected chi connectivity index (χ4v) is 4.69. The Balaban J connectivity index is 2.08. The number of hydrogen-bond donors (Lipinski definition) is 1. The van der Waals surface area contributed by atoms with Crippen LogP contribution in [0.4, 0.5) is 0 Å². The third-order valence-electron chi connectivity index (χ3n) is 4.88. The first-order chi connectivity index (χ1) is 10.1. The fraction of sp³-hybridized carbons (Fsp3) is 0.941. The third-order valence-corrected chi connectivity index (χ3v) is 5.97. The number of carbonyl (C=O) groups is 1. The molecule has 1 saturated carbocycles. The van der Waals surface area contributed by atoms with Crippen LogP contribution in [-0.4, -0.2) is 40.6 Å². The molecular weight excluding hydrogens is 280 g/mol. The molecule has 2 fully saturated rings. The number of amides is 1. The summed E-state index contributed by atoms with van der Waals surface area (Å²) in [5.74, 6) is 0.938. The van der Waals surface area contributed by atoms with Crippen molar-refractivity contribution in [3.8, 4) is 0 Å². The van der Waals surface area contributed by atoms with Gasteiger partial charge in [-0.2, -0.15) is 11.8 Å². The van der Waals surface area contributed by atoms with E-state index in [-0.39, 0.29) is 12.2 Å². The van der Waals surface area contributed by atoms with Crippen LogP contribution in [0.5, 0.6) is 0 Å². The second-order valence-corrected chi connectivity index (χ2v) is 8.21. The van der Waals surface area contributed by atoms with E-state index in [9.17, 15) is 4.79 Å². The maximum Gasteiger partial charge on any atom is 0.241 e. The maximum atomic E-state index is 12.9. The molecule has 21 heavy (non-hydrogen) atoms. The highest BCUT2D eigenvalue weighted by atomic mass is 32.2. The predicted octanol–water partition coefficient (Wildman–Crippen LogP) is 3.63. The molecule has 3 nitrogen and oxygen atoms in total. The SMILES string of the molecule is CCCC1NC(CC(C)C)C(=O)N1C1CCCC(SC)C1. The lowest BCUT2D eigenvalue weighted by Crippen LogP contribution is -2.47. The molecule has 2 aliphatic rings. The van der Waals surface area contributed by atoms with E-state index in [1.807, 2.05) is 11.8 Å². The third kappa shape index (κ3) is 4.16. The van der Waals surface area contributed by atoms with Crippen molar-refractivity contribution >= 4 is 17.7 Å². The smallest absolute Gasteiger partial charge is 0.241 e. The monoisotopic (exact) mass is 312 g/mol. The molecule has 0 aromatic carbocycles. The van der Waals surface area contributed by atoms with Gasteiger partial charge in [0.1, 0.15) is 0 Å². The van der Waals surface area contributed by atoms with Gasteiger partial charge in [0.25, 0.3) is 0 Å². The molecule has 0 spiro atoms. The van der Waals surface area contributed by atoms with Gasteiger partial charge in [-0.05, 0) is 44.3 Å². The van der Waals surface area contributed by atoms with Crippen molar-refractivity contribution in [3.05, 3.63) is 0 Å². The van der Waals surface area contributed by atoms with Gasteiger partial charge in [0.2, 0.25) is 5.91 Å². The number of carbonyl (C=O) groups excluding carboxylic acids is 1. The van der Waals surface area contributed by atoms with Gasteiger partial charge in [0.15, 0.2) is 0 Å². The van der Waals surface area contributed by atoms with Gasteiger partial charge < -0.3 is 4.90 Å². The van der Waals surface area contributed by atoms with Gasteiger partial charge in [-0.1, -0.05) is 33.6 Å². The molecule has 4 atom stereocenters. The Labute approximate surface area is 134 Å². The first kappa shape index (κ1) is 17.1. The summed E-state index contributed by atoms with van der Waals surface area (Å²) in [6, 6.07) is 0.515. The average molecular weight is 313 g/mol. The summed E-state index contributed by atoms with van der Waals surface area (Å²) in [4.78, 5) is 15.1. The van der Waals surface area contributed by atoms with E-state index in [0.717, 1.165) is 24.5 Å². The summed E-state index contributed by atoms with van der Waals surface area (Å²) in [7, 11) is 0. The molecule has 1 saturated heterocycles. The molecule has 122 valence electrons. The van der Waals surface area contributed by atoms with Crippen molar-refractivity contribution in [1.82, 2.24) is 10.2 Å². The normalized spacial score (nSPS) is 34.0. The van der Waals surface area contributed by atoms with Crippen LogP contribution in [0.2, 0.25) is 0 Å². The van der Waals surface area contributed by atoms with E-state index < -0.39 is 0 Å². The van der Waals surface area contributed by atoms with Gasteiger partial charge in [-0.3, -0.25) is 10.1 Å². The van der Waals surface area contributed by atoms with Crippen molar-refractivity contribution in [2.24, 2.45) is 5.92 Å². The number of nitrogens with zero attached hydrogens (tertiary/aromatic N) is 1. The van der Waals surface area contributed by atoms with Crippen LogP contribution in [0.15, 0.2) is 0 Å². The molecule has 2 rings (SSSR count). The lowest BCUT2D eigenvalue weighted by atomic mass is 9.93. The van der Waals surface area contributed by atoms with E-state index in [0.29, 0.717) is 17.9 Å². The van der Waals surface area contributed by atoms with Crippen molar-refractivity contribution in [2.75, 3.05) is 6.26 Å². The molecule has 1 aliphatic carbocycles. The topological polar surface area (TPSA) is 32.3 Å². The Morgan fingerprint density at radius 3 is 2.76 bits per heavy atom. The predicted molar refractivity (Wildman–Crippen MR) is 91.5 cm³/mol. The lowest BCUT2D eigenvalue weighted by molar-refractivity contribution is -0.133. The summed E-state index contributed by atoms with van der Waals surface area (Å²) < 4.78 is 0. The molecule has 1 aliphatic heterocycles. The zero-order chi connectivity index (χ0) is 15.4. The number of hydrogen-bond acceptors (Lipinski definition) is 3. The van der Waals surface area contributed by atoms with Gasteiger partial charge >= 0.3 is 0 Å². The highest BCUT2D eigenvalue weighted by Gasteiger charge is 2.43. The van der Waals surface area contributed by atoms with Gasteiger partial charge in [0.05, 0.1) is 12.2 Å². The van der Waals surface area contributed by atoms with Crippen LogP contribution in [0.1, 0.15) is 65.7 Å². The Morgan fingerprint density at radius 1 is 1.38 bits per heavy atom. The Bertz CT molecular complexity index is 348. The van der Waals surface area contributed by atoms with E-state index >= 15 is 0 Å². The van der Waals surface area contributed by atoms with Crippen LogP contribution in [0, 0.1) is 5.92 Å². The van der Waals surface area contributed by atoms with Gasteiger partial charge in [-0.15, -0.1) is 0 Å². The summed E-state index contributed by atoms with van der Waals surface area (Å²) in [5.41, 5.74) is 0. The first-order valence-electron chi connectivity index (χ1n) is 8.67. The standard InChI is InChI=1S/C17H32N2OS/c1-5-7-16-18-15(10-12(2)3)17(20)19(16)13-8-6-9-14(11-13)21-4/h12-16,18H,5-11H2,1-4H3. The summed E-state index contributed by atoms with van der Waals surface area (Å²) in [6.07, 6.45) is 10.6. The van der Waals surface area contributed by atoms with Crippen LogP contribution in [0.3, 0.4) is 0 Å². The second-order valence-electron chi connectivity index (χ2n) is 7.08. The molecule has 0 aromatic rings. The largest absolute Gasteiger partial charge is 0.323 e. The first-order valence-corrected chi connectivity index (χ1v) is 9.96. The van der Waals surface area contributed by atoms with Gasteiger partial charge in [-0.25, -0.2) is 0 Å². The number of thioether (sulfide) groups is 1. The molecule has 4 unspecified atom stereocenters. The molecule has 4 heteroatoms. The van der Waals surface area contributed by atoms with E-state index in [1.165, 1.54) is 25.7 Å². The summed E-state index contributed by atoms with van der Waals surface area (Å²) in [5, 5.41) is 4.36. The Kier molecular flexibility index (Phi) is 6.42. The van der Waals surface area contributed by atoms with Crippen LogP contribution in [-0.2, 0) is 4.79 Å². The van der Waals surface area contributed by atoms with Crippen molar-refractivity contribution < 1.29 is 4.79 Å². The molecule has 1 amide bonds. The minimum absolute atomic E-state index is 0.0520. The van der Waals surface area contributed by atoms with Gasteiger partial charge in [0, 0.05) is 11.3 Å². The summed E-state index contributed by atoms with van der Waals surface area (Å²) in [6.45, 7) is 6.62. The molecular formula is C17H32N2OS. The quantitative estimate of drug-likeness (QED) is 0.813. The van der Waals surface area contributed by atoms with Crippen LogP contribution in [0.25, 0.3) is 0 Å². The highest BCUT2D eigenvalue weighted by Crippen LogP contribution is 2.33. The van der Waals surface area contributed by atoms with Crippen LogP contribution >= 0.6 is 11.8 Å². The Morgan fingerprint density at radius 2 is 2.14 bits per heavy atom. The average Bonchev–Trinajstić information content (AvgIpc) is 2.75. The Hall–Kier alpha value is -0.220. The molecule has 0 aromatic heterocycles. The lowest BCUT2D eigenvalue weighted by Gasteiger charge is -2.37. The molecule has 1 heterocycles. The highest BCUT2D eigenvalue weighted by molar-refractivity contribution is 7.99. The van der Waals surface area contributed by atoms with E-state index in [2.05, 4.69) is 37.2 Å². The van der Waals surface area contributed by atoms with Crippen molar-refractivity contribution in [2.45, 2.75) is 89.2 Å². The molecule has 0 radical (unpaired) electrons. The van der Waals surface area contributed by atoms with Crippen molar-refractivity contribution in [1.29, 1.82) is 0 Å². The summed E-state index contributed by atoms with van der Waals surface area (Å²) >= 11 is 1.98. The zero-order valence-electron chi connectivity index (χ0n) is 14.1. The minimum atomic E-state index is 0.0520. The van der Waals surface area contributed by atoms with E-state index in [4.69, 9.17) is 0 Å². The maximum absolute atomic E-state index is 12.9. The molecule has 1 N–H and O–H groups in total.